The summed E-state index contributed by atoms with van der Waals surface area (Å²) in [6, 6.07) is 6.17. The van der Waals surface area contributed by atoms with E-state index in [4.69, 9.17) is 4.74 Å². The van der Waals surface area contributed by atoms with Gasteiger partial charge in [0, 0.05) is 37.9 Å². The molecule has 0 aromatic carbocycles. The van der Waals surface area contributed by atoms with Gasteiger partial charge in [-0.25, -0.2) is 0 Å². The van der Waals surface area contributed by atoms with E-state index in [2.05, 4.69) is 22.0 Å². The van der Waals surface area contributed by atoms with Crippen LogP contribution in [-0.2, 0) is 11.3 Å². The third-order valence-electron chi connectivity index (χ3n) is 4.24. The van der Waals surface area contributed by atoms with Crippen molar-refractivity contribution in [3.8, 4) is 0 Å². The quantitative estimate of drug-likeness (QED) is 0.864. The highest BCUT2D eigenvalue weighted by molar-refractivity contribution is 5.10. The van der Waals surface area contributed by atoms with E-state index in [-0.39, 0.29) is 12.0 Å². The Kier molecular flexibility index (Phi) is 5.52. The molecule has 20 heavy (non-hydrogen) atoms. The predicted octanol–water partition coefficient (Wildman–Crippen LogP) is 2.00. The first-order chi connectivity index (χ1) is 9.67. The Morgan fingerprint density at radius 1 is 1.45 bits per heavy atom. The monoisotopic (exact) mass is 278 g/mol. The maximum atomic E-state index is 9.80. The molecule has 1 atom stereocenters. The summed E-state index contributed by atoms with van der Waals surface area (Å²) in [5, 5.41) is 9.80. The van der Waals surface area contributed by atoms with Crippen molar-refractivity contribution < 1.29 is 9.84 Å². The van der Waals surface area contributed by atoms with Gasteiger partial charge in [0.05, 0.1) is 12.3 Å². The number of likely N-dealkylation sites (tertiary alicyclic amines) is 1. The molecular formula is C16H26N2O2. The molecule has 112 valence electrons. The van der Waals surface area contributed by atoms with Crippen molar-refractivity contribution >= 4 is 0 Å². The maximum absolute atomic E-state index is 9.80. The third-order valence-corrected chi connectivity index (χ3v) is 4.24. The van der Waals surface area contributed by atoms with Crippen LogP contribution < -0.4 is 0 Å². The van der Waals surface area contributed by atoms with Gasteiger partial charge in [-0.2, -0.15) is 0 Å². The Labute approximate surface area is 121 Å². The zero-order chi connectivity index (χ0) is 14.4. The van der Waals surface area contributed by atoms with E-state index in [1.54, 1.807) is 7.11 Å². The van der Waals surface area contributed by atoms with Crippen LogP contribution in [0.15, 0.2) is 18.2 Å². The summed E-state index contributed by atoms with van der Waals surface area (Å²) in [6.45, 7) is 5.88. The van der Waals surface area contributed by atoms with Crippen molar-refractivity contribution in [2.75, 3.05) is 33.4 Å². The van der Waals surface area contributed by atoms with Crippen LogP contribution in [0.2, 0.25) is 0 Å². The van der Waals surface area contributed by atoms with Crippen molar-refractivity contribution in [2.45, 2.75) is 32.7 Å². The van der Waals surface area contributed by atoms with Crippen molar-refractivity contribution in [1.82, 2.24) is 9.88 Å². The molecule has 1 fully saturated rings. The van der Waals surface area contributed by atoms with Crippen LogP contribution in [-0.4, -0.2) is 48.4 Å². The molecule has 1 aromatic heterocycles. The van der Waals surface area contributed by atoms with E-state index in [0.717, 1.165) is 56.9 Å². The number of hydrogen-bond donors (Lipinski definition) is 1. The first-order valence-corrected chi connectivity index (χ1v) is 7.42. The lowest BCUT2D eigenvalue weighted by molar-refractivity contribution is 0.00437. The highest BCUT2D eigenvalue weighted by Gasteiger charge is 2.34. The molecule has 0 amide bonds. The van der Waals surface area contributed by atoms with Gasteiger partial charge in [0.25, 0.3) is 0 Å². The number of pyridine rings is 1. The minimum absolute atomic E-state index is 0.00190. The molecule has 1 aromatic rings. The summed E-state index contributed by atoms with van der Waals surface area (Å²) >= 11 is 0. The lowest BCUT2D eigenvalue weighted by Gasteiger charge is -2.41. The third kappa shape index (κ3) is 4.01. The lowest BCUT2D eigenvalue weighted by Crippen LogP contribution is -2.45. The van der Waals surface area contributed by atoms with Gasteiger partial charge in [-0.15, -0.1) is 0 Å². The molecule has 0 unspecified atom stereocenters. The van der Waals surface area contributed by atoms with Crippen LogP contribution in [0.4, 0.5) is 0 Å². The molecule has 1 saturated heterocycles. The van der Waals surface area contributed by atoms with Gasteiger partial charge in [-0.1, -0.05) is 6.07 Å². The molecule has 1 N–H and O–H groups in total. The highest BCUT2D eigenvalue weighted by atomic mass is 16.5. The Morgan fingerprint density at radius 3 is 3.00 bits per heavy atom. The van der Waals surface area contributed by atoms with Gasteiger partial charge in [0.15, 0.2) is 0 Å². The molecule has 0 bridgehead atoms. The topological polar surface area (TPSA) is 45.6 Å². The number of rotatable bonds is 6. The largest absolute Gasteiger partial charge is 0.396 e. The van der Waals surface area contributed by atoms with E-state index >= 15 is 0 Å². The Hall–Kier alpha value is -0.970. The van der Waals surface area contributed by atoms with Crippen molar-refractivity contribution in [1.29, 1.82) is 0 Å². The van der Waals surface area contributed by atoms with Gasteiger partial charge in [0.2, 0.25) is 0 Å². The van der Waals surface area contributed by atoms with Gasteiger partial charge in [0.1, 0.15) is 0 Å². The highest BCUT2D eigenvalue weighted by Crippen LogP contribution is 2.33. The molecule has 1 aliphatic heterocycles. The predicted molar refractivity (Wildman–Crippen MR) is 79.5 cm³/mol. The SMILES string of the molecule is COCC[C@@]1(CO)CCCN(Cc2cccc(C)n2)C1. The van der Waals surface area contributed by atoms with Crippen LogP contribution in [0.5, 0.6) is 0 Å². The number of nitrogens with zero attached hydrogens (tertiary/aromatic N) is 2. The standard InChI is InChI=1S/C16H26N2O2/c1-14-5-3-6-15(17-14)11-18-9-4-7-16(12-18,13-19)8-10-20-2/h3,5-6,19H,4,7-13H2,1-2H3/t16-/m0/s1. The molecule has 4 nitrogen and oxygen atoms in total. The summed E-state index contributed by atoms with van der Waals surface area (Å²) in [4.78, 5) is 6.99. The minimum Gasteiger partial charge on any atom is -0.396 e. The number of ether oxygens (including phenoxy) is 1. The van der Waals surface area contributed by atoms with Gasteiger partial charge in [-0.3, -0.25) is 9.88 Å². The molecule has 0 radical (unpaired) electrons. The van der Waals surface area contributed by atoms with E-state index < -0.39 is 0 Å². The molecular weight excluding hydrogens is 252 g/mol. The minimum atomic E-state index is -0.00190. The Morgan fingerprint density at radius 2 is 2.30 bits per heavy atom. The lowest BCUT2D eigenvalue weighted by atomic mass is 9.78. The summed E-state index contributed by atoms with van der Waals surface area (Å²) < 4.78 is 5.20. The number of piperidine rings is 1. The van der Waals surface area contributed by atoms with E-state index in [1.165, 1.54) is 0 Å². The van der Waals surface area contributed by atoms with E-state index in [1.807, 2.05) is 13.0 Å². The Bertz CT molecular complexity index is 425. The number of aromatic nitrogens is 1. The molecule has 0 aliphatic carbocycles. The van der Waals surface area contributed by atoms with Crippen molar-refractivity contribution in [2.24, 2.45) is 5.41 Å². The summed E-state index contributed by atoms with van der Waals surface area (Å²) in [5.41, 5.74) is 2.18. The van der Waals surface area contributed by atoms with Crippen molar-refractivity contribution in [3.63, 3.8) is 0 Å². The molecule has 0 spiro atoms. The van der Waals surface area contributed by atoms with Crippen LogP contribution in [0.1, 0.15) is 30.7 Å². The zero-order valence-corrected chi connectivity index (χ0v) is 12.6. The second-order valence-corrected chi connectivity index (χ2v) is 5.99. The van der Waals surface area contributed by atoms with E-state index in [0.29, 0.717) is 0 Å². The second kappa shape index (κ2) is 7.16. The van der Waals surface area contributed by atoms with Crippen molar-refractivity contribution in [3.05, 3.63) is 29.6 Å². The summed E-state index contributed by atoms with van der Waals surface area (Å²) in [5.74, 6) is 0. The van der Waals surface area contributed by atoms with Crippen LogP contribution in [0, 0.1) is 12.3 Å². The maximum Gasteiger partial charge on any atom is 0.0547 e. The number of aryl methyl sites for hydroxylation is 1. The number of hydrogen-bond acceptors (Lipinski definition) is 4. The molecule has 4 heteroatoms. The smallest absolute Gasteiger partial charge is 0.0547 e. The average Bonchev–Trinajstić information content (AvgIpc) is 2.45. The number of aliphatic hydroxyl groups excluding tert-OH is 1. The first-order valence-electron chi connectivity index (χ1n) is 7.42. The molecule has 2 rings (SSSR count). The summed E-state index contributed by atoms with van der Waals surface area (Å²) in [6.07, 6.45) is 3.15. The van der Waals surface area contributed by atoms with E-state index in [9.17, 15) is 5.11 Å². The fourth-order valence-corrected chi connectivity index (χ4v) is 3.09. The van der Waals surface area contributed by atoms with Crippen LogP contribution in [0.3, 0.4) is 0 Å². The summed E-state index contributed by atoms with van der Waals surface area (Å²) in [7, 11) is 1.72. The molecule has 2 heterocycles. The number of aliphatic hydroxyl groups is 1. The zero-order valence-electron chi connectivity index (χ0n) is 12.6. The Balaban J connectivity index is 1.98. The van der Waals surface area contributed by atoms with Crippen LogP contribution >= 0.6 is 0 Å². The number of methoxy groups -OCH3 is 1. The molecule has 1 aliphatic rings. The van der Waals surface area contributed by atoms with Crippen LogP contribution in [0.25, 0.3) is 0 Å². The fourth-order valence-electron chi connectivity index (χ4n) is 3.09. The first kappa shape index (κ1) is 15.4. The van der Waals surface area contributed by atoms with Gasteiger partial charge >= 0.3 is 0 Å². The van der Waals surface area contributed by atoms with Gasteiger partial charge in [-0.05, 0) is 44.9 Å². The fraction of sp³-hybridized carbons (Fsp3) is 0.688. The average molecular weight is 278 g/mol. The van der Waals surface area contributed by atoms with Gasteiger partial charge < -0.3 is 9.84 Å². The normalized spacial score (nSPS) is 23.9. The second-order valence-electron chi connectivity index (χ2n) is 5.99. The molecule has 0 saturated carbocycles.